The molecule has 1 rings (SSSR count). The van der Waals surface area contributed by atoms with Gasteiger partial charge in [-0.25, -0.2) is 0 Å². The van der Waals surface area contributed by atoms with Gasteiger partial charge in [0.2, 0.25) is 0 Å². The maximum absolute atomic E-state index is 5.03. The van der Waals surface area contributed by atoms with Crippen LogP contribution in [-0.4, -0.2) is 34.8 Å². The Kier molecular flexibility index (Phi) is 10.5. The molecule has 0 aromatic rings. The first-order valence-electron chi connectivity index (χ1n) is 6.69. The molecule has 1 saturated carbocycles. The Bertz CT molecular complexity index is 447. The Morgan fingerprint density at radius 1 is 1.29 bits per heavy atom. The summed E-state index contributed by atoms with van der Waals surface area (Å²) in [4.78, 5) is 4.05. The van der Waals surface area contributed by atoms with Crippen LogP contribution < -0.4 is 10.7 Å². The van der Waals surface area contributed by atoms with Crippen LogP contribution in [-0.2, 0) is 42.3 Å². The van der Waals surface area contributed by atoms with Crippen LogP contribution in [0.1, 0.15) is 33.6 Å². The number of hydrogen-bond donors (Lipinski definition) is 2. The predicted molar refractivity (Wildman–Crippen MR) is 90.2 cm³/mol. The summed E-state index contributed by atoms with van der Waals surface area (Å²) in [7, 11) is 0. The Morgan fingerprint density at radius 3 is 2.62 bits per heavy atom. The number of hydrogen-bond acceptors (Lipinski definition) is 6. The summed E-state index contributed by atoms with van der Waals surface area (Å²) in [5, 5.41) is 16.2. The summed E-state index contributed by atoms with van der Waals surface area (Å²) >= 11 is 10.0. The van der Waals surface area contributed by atoms with E-state index < -0.39 is 0 Å². The van der Waals surface area contributed by atoms with Crippen molar-refractivity contribution >= 4 is 47.0 Å². The van der Waals surface area contributed by atoms with E-state index in [-0.39, 0.29) is 17.1 Å². The smallest absolute Gasteiger partial charge is 0.741 e. The largest absolute Gasteiger partial charge is 2.00 e. The van der Waals surface area contributed by atoms with Crippen molar-refractivity contribution in [2.45, 2.75) is 33.6 Å². The molecule has 1 fully saturated rings. The van der Waals surface area contributed by atoms with Crippen LogP contribution in [0.15, 0.2) is 20.3 Å². The van der Waals surface area contributed by atoms with Crippen LogP contribution in [0.2, 0.25) is 0 Å². The van der Waals surface area contributed by atoms with Crippen LogP contribution in [0.5, 0.6) is 0 Å². The molecule has 6 nitrogen and oxygen atoms in total. The monoisotopic (exact) mass is 375 g/mol. The fourth-order valence-corrected chi connectivity index (χ4v) is 2.11. The fraction of sp³-hybridized carbons (Fsp3) is 0.667. The van der Waals surface area contributed by atoms with Gasteiger partial charge in [0.25, 0.3) is 0 Å². The number of rotatable bonds is 4. The maximum atomic E-state index is 5.03. The quantitative estimate of drug-likeness (QED) is 0.254. The number of amidine groups is 2. The van der Waals surface area contributed by atoms with Crippen molar-refractivity contribution in [3.8, 4) is 0 Å². The molecule has 2 N–H and O–H groups in total. The number of aliphatic imine (C=N–C) groups is 1. The Balaban J connectivity index is 0.00000400. The third kappa shape index (κ3) is 7.17. The minimum absolute atomic E-state index is 0. The average molecular weight is 376 g/mol. The molecule has 1 aliphatic rings. The van der Waals surface area contributed by atoms with Crippen molar-refractivity contribution < 1.29 is 17.1 Å². The first kappa shape index (κ1) is 20.2. The van der Waals surface area contributed by atoms with Crippen LogP contribution >= 0.6 is 0 Å². The van der Waals surface area contributed by atoms with Gasteiger partial charge in [-0.15, -0.1) is 0 Å². The third-order valence-corrected chi connectivity index (χ3v) is 3.19. The van der Waals surface area contributed by atoms with Crippen molar-refractivity contribution in [1.29, 1.82) is 0 Å². The van der Waals surface area contributed by atoms with Gasteiger partial charge in [-0.2, -0.15) is 15.3 Å². The molecule has 1 unspecified atom stereocenters. The zero-order valence-electron chi connectivity index (χ0n) is 12.3. The molecular formula is C12H20CuN6S2. The summed E-state index contributed by atoms with van der Waals surface area (Å²) < 4.78 is 0. The standard InChI is InChI=1S/C12H22N6S2.Cu/c1-4-13-11(19)17-15-9-7-6-8(3)10(9)16-18-12(20)14-5-2;/h8H,4-7H2,1-3H3,(H2,13,17,19)(H2,14,18,20);/q;+2/p-2/b15-9+,16-10+;. The van der Waals surface area contributed by atoms with Crippen LogP contribution in [0, 0.1) is 5.92 Å². The van der Waals surface area contributed by atoms with Gasteiger partial charge in [0.15, 0.2) is 0 Å². The van der Waals surface area contributed by atoms with Gasteiger partial charge in [-0.1, -0.05) is 6.92 Å². The molecule has 1 atom stereocenters. The molecular weight excluding hydrogens is 356 g/mol. The molecule has 0 aromatic carbocycles. The van der Waals surface area contributed by atoms with Gasteiger partial charge in [0, 0.05) is 19.0 Å². The van der Waals surface area contributed by atoms with Gasteiger partial charge in [-0.3, -0.25) is 10.4 Å². The molecule has 121 valence electrons. The van der Waals surface area contributed by atoms with Crippen LogP contribution in [0.4, 0.5) is 0 Å². The minimum Gasteiger partial charge on any atom is -0.741 e. The van der Waals surface area contributed by atoms with E-state index in [1.807, 2.05) is 13.8 Å². The Hall–Kier alpha value is -0.761. The molecule has 0 heterocycles. The van der Waals surface area contributed by atoms with Crippen molar-refractivity contribution in [2.75, 3.05) is 13.1 Å². The molecule has 1 aliphatic carbocycles. The van der Waals surface area contributed by atoms with Crippen LogP contribution in [0.25, 0.3) is 0 Å². The molecule has 0 saturated heterocycles. The zero-order valence-corrected chi connectivity index (χ0v) is 14.9. The van der Waals surface area contributed by atoms with Crippen molar-refractivity contribution in [2.24, 2.45) is 26.2 Å². The average Bonchev–Trinajstić information content (AvgIpc) is 2.75. The van der Waals surface area contributed by atoms with Crippen LogP contribution in [0.3, 0.4) is 0 Å². The van der Waals surface area contributed by atoms with E-state index in [1.54, 1.807) is 0 Å². The molecule has 0 aromatic heterocycles. The molecule has 0 amide bonds. The Morgan fingerprint density at radius 2 is 2.00 bits per heavy atom. The molecule has 0 aliphatic heterocycles. The summed E-state index contributed by atoms with van der Waals surface area (Å²) in [5.41, 5.74) is 4.50. The van der Waals surface area contributed by atoms with Crippen molar-refractivity contribution in [3.05, 3.63) is 0 Å². The molecule has 21 heavy (non-hydrogen) atoms. The second kappa shape index (κ2) is 10.9. The second-order valence-electron chi connectivity index (χ2n) is 4.31. The summed E-state index contributed by atoms with van der Waals surface area (Å²) in [5.74, 6) is 0.320. The Labute approximate surface area is 147 Å². The van der Waals surface area contributed by atoms with Crippen molar-refractivity contribution in [1.82, 2.24) is 10.7 Å². The molecule has 1 radical (unpaired) electrons. The van der Waals surface area contributed by atoms with E-state index >= 15 is 0 Å². The SMILES string of the molecule is CCN=C([S-])N\N=C1/CCC(C)/C1=N\N=C(/[S-])NCC.[Cu+2]. The molecule has 9 heteroatoms. The van der Waals surface area contributed by atoms with E-state index in [0.717, 1.165) is 30.8 Å². The van der Waals surface area contributed by atoms with Gasteiger partial charge in [-0.05, 0) is 37.0 Å². The zero-order chi connectivity index (χ0) is 15.0. The number of nitrogens with one attached hydrogen (secondary N) is 2. The van der Waals surface area contributed by atoms with E-state index in [9.17, 15) is 0 Å². The first-order chi connectivity index (χ1) is 9.58. The second-order valence-corrected chi connectivity index (χ2v) is 5.08. The number of hydrazone groups is 1. The van der Waals surface area contributed by atoms with E-state index in [0.29, 0.717) is 22.8 Å². The third-order valence-electron chi connectivity index (χ3n) is 2.74. The van der Waals surface area contributed by atoms with Gasteiger partial charge in [0.1, 0.15) is 0 Å². The molecule has 0 bridgehead atoms. The van der Waals surface area contributed by atoms with E-state index in [1.165, 1.54) is 0 Å². The first-order valence-corrected chi connectivity index (χ1v) is 7.50. The maximum Gasteiger partial charge on any atom is 2.00 e. The van der Waals surface area contributed by atoms with E-state index in [4.69, 9.17) is 25.3 Å². The van der Waals surface area contributed by atoms with Gasteiger partial charge in [0.05, 0.1) is 11.4 Å². The normalized spacial score (nSPS) is 23.3. The summed E-state index contributed by atoms with van der Waals surface area (Å²) in [6.45, 7) is 7.36. The summed E-state index contributed by atoms with van der Waals surface area (Å²) in [6, 6.07) is 0. The number of nitrogens with zero attached hydrogens (tertiary/aromatic N) is 4. The van der Waals surface area contributed by atoms with Gasteiger partial charge < -0.3 is 30.6 Å². The minimum atomic E-state index is 0. The summed E-state index contributed by atoms with van der Waals surface area (Å²) in [6.07, 6.45) is 1.85. The molecule has 0 spiro atoms. The predicted octanol–water partition coefficient (Wildman–Crippen LogP) is 1.15. The fourth-order valence-electron chi connectivity index (χ4n) is 1.75. The van der Waals surface area contributed by atoms with E-state index in [2.05, 4.69) is 38.0 Å². The van der Waals surface area contributed by atoms with Crippen molar-refractivity contribution in [3.63, 3.8) is 0 Å². The van der Waals surface area contributed by atoms with Gasteiger partial charge >= 0.3 is 17.1 Å². The topological polar surface area (TPSA) is 73.5 Å².